The Labute approximate surface area is 122 Å². The molecule has 8 heteroatoms. The van der Waals surface area contributed by atoms with Crippen LogP contribution in [0.3, 0.4) is 0 Å². The number of halogens is 3. The maximum absolute atomic E-state index is 13.6. The Hall–Kier alpha value is -2.54. The van der Waals surface area contributed by atoms with Crippen molar-refractivity contribution in [2.75, 3.05) is 5.32 Å². The number of carbonyl (C=O) groups excluding carboxylic acids is 1. The summed E-state index contributed by atoms with van der Waals surface area (Å²) in [6.07, 6.45) is 0. The molecule has 0 bridgehead atoms. The Morgan fingerprint density at radius 1 is 1.14 bits per heavy atom. The number of nitrogens with one attached hydrogen (secondary N) is 1. The number of non-ortho nitro benzene ring substituents is 1. The summed E-state index contributed by atoms with van der Waals surface area (Å²) >= 11 is 5.49. The number of nitro benzene ring substituents is 1. The molecule has 0 aliphatic heterocycles. The summed E-state index contributed by atoms with van der Waals surface area (Å²) in [7, 11) is 0. The molecule has 0 aliphatic rings. The second kappa shape index (κ2) is 5.84. The van der Waals surface area contributed by atoms with Crippen molar-refractivity contribution in [1.29, 1.82) is 0 Å². The van der Waals surface area contributed by atoms with Gasteiger partial charge in [0.05, 0.1) is 15.5 Å². The smallest absolute Gasteiger partial charge is 0.270 e. The highest BCUT2D eigenvalue weighted by Crippen LogP contribution is 2.21. The molecule has 1 N–H and O–H groups in total. The largest absolute Gasteiger partial charge is 0.322 e. The lowest BCUT2D eigenvalue weighted by Crippen LogP contribution is -2.14. The van der Waals surface area contributed by atoms with Crippen molar-refractivity contribution >= 4 is 28.9 Å². The summed E-state index contributed by atoms with van der Waals surface area (Å²) in [5, 5.41) is 12.7. The number of amides is 1. The topological polar surface area (TPSA) is 72.2 Å². The molecule has 0 fully saturated rings. The lowest BCUT2D eigenvalue weighted by molar-refractivity contribution is -0.384. The fraction of sp³-hybridized carbons (Fsp3) is 0. The highest BCUT2D eigenvalue weighted by molar-refractivity contribution is 6.30. The molecule has 2 rings (SSSR count). The van der Waals surface area contributed by atoms with Gasteiger partial charge in [0.1, 0.15) is 11.6 Å². The number of benzene rings is 2. The van der Waals surface area contributed by atoms with Gasteiger partial charge < -0.3 is 5.32 Å². The SMILES string of the molecule is O=C(Nc1ccc(Cl)c(F)c1)c1cc([N+](=O)[O-])ccc1F. The van der Waals surface area contributed by atoms with Crippen LogP contribution in [0.1, 0.15) is 10.4 Å². The van der Waals surface area contributed by atoms with Gasteiger partial charge in [0.25, 0.3) is 11.6 Å². The monoisotopic (exact) mass is 312 g/mol. The van der Waals surface area contributed by atoms with Gasteiger partial charge in [0.2, 0.25) is 0 Å². The normalized spacial score (nSPS) is 10.2. The van der Waals surface area contributed by atoms with E-state index in [0.29, 0.717) is 0 Å². The number of anilines is 1. The summed E-state index contributed by atoms with van der Waals surface area (Å²) in [6.45, 7) is 0. The number of carbonyl (C=O) groups is 1. The van der Waals surface area contributed by atoms with E-state index in [2.05, 4.69) is 5.32 Å². The fourth-order valence-electron chi connectivity index (χ4n) is 1.57. The molecule has 0 saturated carbocycles. The van der Waals surface area contributed by atoms with Gasteiger partial charge in [-0.05, 0) is 24.3 Å². The molecule has 108 valence electrons. The molecule has 21 heavy (non-hydrogen) atoms. The zero-order valence-corrected chi connectivity index (χ0v) is 11.0. The fourth-order valence-corrected chi connectivity index (χ4v) is 1.69. The highest BCUT2D eigenvalue weighted by Gasteiger charge is 2.17. The second-order valence-corrected chi connectivity index (χ2v) is 4.41. The van der Waals surface area contributed by atoms with Gasteiger partial charge in [0.15, 0.2) is 0 Å². The van der Waals surface area contributed by atoms with Gasteiger partial charge in [-0.2, -0.15) is 0 Å². The zero-order valence-electron chi connectivity index (χ0n) is 10.3. The summed E-state index contributed by atoms with van der Waals surface area (Å²) in [6, 6.07) is 6.05. The minimum atomic E-state index is -0.932. The van der Waals surface area contributed by atoms with Crippen LogP contribution in [0.15, 0.2) is 36.4 Å². The van der Waals surface area contributed by atoms with Crippen molar-refractivity contribution in [2.24, 2.45) is 0 Å². The third-order valence-corrected chi connectivity index (χ3v) is 2.89. The van der Waals surface area contributed by atoms with E-state index >= 15 is 0 Å². The minimum Gasteiger partial charge on any atom is -0.322 e. The van der Waals surface area contributed by atoms with E-state index in [0.717, 1.165) is 24.3 Å². The number of rotatable bonds is 3. The maximum Gasteiger partial charge on any atom is 0.270 e. The molecule has 0 spiro atoms. The molecular formula is C13H7ClF2N2O3. The molecule has 0 aromatic heterocycles. The van der Waals surface area contributed by atoms with Crippen LogP contribution in [0.5, 0.6) is 0 Å². The van der Waals surface area contributed by atoms with E-state index in [1.165, 1.54) is 12.1 Å². The van der Waals surface area contributed by atoms with Crippen molar-refractivity contribution in [3.8, 4) is 0 Å². The van der Waals surface area contributed by atoms with Crippen molar-refractivity contribution < 1.29 is 18.5 Å². The summed E-state index contributed by atoms with van der Waals surface area (Å²) < 4.78 is 26.8. The van der Waals surface area contributed by atoms with Gasteiger partial charge in [0, 0.05) is 17.8 Å². The Kier molecular flexibility index (Phi) is 4.13. The van der Waals surface area contributed by atoms with Gasteiger partial charge in [-0.15, -0.1) is 0 Å². The van der Waals surface area contributed by atoms with Crippen LogP contribution in [0, 0.1) is 21.7 Å². The van der Waals surface area contributed by atoms with Gasteiger partial charge in [-0.1, -0.05) is 11.6 Å². The van der Waals surface area contributed by atoms with Crippen LogP contribution in [0.2, 0.25) is 5.02 Å². The minimum absolute atomic E-state index is 0.0489. The van der Waals surface area contributed by atoms with Crippen LogP contribution in [-0.2, 0) is 0 Å². The average molecular weight is 313 g/mol. The molecule has 0 radical (unpaired) electrons. The number of hydrogen-bond donors (Lipinski definition) is 1. The highest BCUT2D eigenvalue weighted by atomic mass is 35.5. The summed E-state index contributed by atoms with van der Waals surface area (Å²) in [5.74, 6) is -2.61. The standard InChI is InChI=1S/C13H7ClF2N2O3/c14-10-3-1-7(5-12(10)16)17-13(19)9-6-8(18(20)21)2-4-11(9)15/h1-6H,(H,17,19). The Morgan fingerprint density at radius 3 is 2.48 bits per heavy atom. The van der Waals surface area contributed by atoms with E-state index in [9.17, 15) is 23.7 Å². The molecule has 0 heterocycles. The Balaban J connectivity index is 2.29. The first kappa shape index (κ1) is 14.9. The van der Waals surface area contributed by atoms with Gasteiger partial charge >= 0.3 is 0 Å². The van der Waals surface area contributed by atoms with E-state index in [1.54, 1.807) is 0 Å². The van der Waals surface area contributed by atoms with Crippen LogP contribution < -0.4 is 5.32 Å². The van der Waals surface area contributed by atoms with Crippen LogP contribution in [-0.4, -0.2) is 10.8 Å². The van der Waals surface area contributed by atoms with Gasteiger partial charge in [-0.25, -0.2) is 8.78 Å². The predicted molar refractivity (Wildman–Crippen MR) is 72.4 cm³/mol. The predicted octanol–water partition coefficient (Wildman–Crippen LogP) is 3.78. The molecular weight excluding hydrogens is 306 g/mol. The molecule has 0 unspecified atom stereocenters. The second-order valence-electron chi connectivity index (χ2n) is 4.00. The molecule has 2 aromatic rings. The number of nitro groups is 1. The summed E-state index contributed by atoms with van der Waals surface area (Å²) in [4.78, 5) is 21.7. The summed E-state index contributed by atoms with van der Waals surface area (Å²) in [5.41, 5.74) is -0.892. The third-order valence-electron chi connectivity index (χ3n) is 2.58. The third kappa shape index (κ3) is 3.32. The number of nitrogens with zero attached hydrogens (tertiary/aromatic N) is 1. The molecule has 5 nitrogen and oxygen atoms in total. The van der Waals surface area contributed by atoms with Crippen molar-refractivity contribution in [1.82, 2.24) is 0 Å². The van der Waals surface area contributed by atoms with Crippen LogP contribution >= 0.6 is 11.6 Å². The van der Waals surface area contributed by atoms with E-state index in [4.69, 9.17) is 11.6 Å². The first-order valence-corrected chi connectivity index (χ1v) is 5.96. The first-order valence-electron chi connectivity index (χ1n) is 5.59. The van der Waals surface area contributed by atoms with Crippen molar-refractivity contribution in [3.05, 3.63) is 68.7 Å². The molecule has 0 saturated heterocycles. The maximum atomic E-state index is 13.6. The Bertz CT molecular complexity index is 737. The molecule has 0 atom stereocenters. The molecule has 0 aliphatic carbocycles. The van der Waals surface area contributed by atoms with Crippen LogP contribution in [0.4, 0.5) is 20.2 Å². The zero-order chi connectivity index (χ0) is 15.6. The molecule has 1 amide bonds. The van der Waals surface area contributed by atoms with E-state index in [-0.39, 0.29) is 10.7 Å². The number of hydrogen-bond acceptors (Lipinski definition) is 3. The van der Waals surface area contributed by atoms with E-state index in [1.807, 2.05) is 0 Å². The van der Waals surface area contributed by atoms with Crippen molar-refractivity contribution in [2.45, 2.75) is 0 Å². The lowest BCUT2D eigenvalue weighted by Gasteiger charge is -2.06. The molecule has 2 aromatic carbocycles. The van der Waals surface area contributed by atoms with E-state index < -0.39 is 33.7 Å². The van der Waals surface area contributed by atoms with Crippen molar-refractivity contribution in [3.63, 3.8) is 0 Å². The first-order chi connectivity index (χ1) is 9.88. The van der Waals surface area contributed by atoms with Crippen LogP contribution in [0.25, 0.3) is 0 Å². The lowest BCUT2D eigenvalue weighted by atomic mass is 10.1. The average Bonchev–Trinajstić information content (AvgIpc) is 2.43. The quantitative estimate of drug-likeness (QED) is 0.692. The van der Waals surface area contributed by atoms with Gasteiger partial charge in [-0.3, -0.25) is 14.9 Å². The Morgan fingerprint density at radius 2 is 1.86 bits per heavy atom.